The molecular weight excluding hydrogens is 332 g/mol. The molecule has 1 aliphatic heterocycles. The normalized spacial score (nSPS) is 15.3. The first-order chi connectivity index (χ1) is 12.8. The number of nitrogens with zero attached hydrogens (tertiary/aromatic N) is 3. The van der Waals surface area contributed by atoms with Crippen molar-refractivity contribution in [1.82, 2.24) is 20.3 Å². The summed E-state index contributed by atoms with van der Waals surface area (Å²) in [5.41, 5.74) is 1.23. The Morgan fingerprint density at radius 3 is 2.58 bits per heavy atom. The maximum Gasteiger partial charge on any atom is 0.254 e. The molecule has 26 heavy (non-hydrogen) atoms. The smallest absolute Gasteiger partial charge is 0.254 e. The van der Waals surface area contributed by atoms with Crippen LogP contribution in [-0.2, 0) is 0 Å². The molecule has 0 aliphatic carbocycles. The summed E-state index contributed by atoms with van der Waals surface area (Å²) in [6.07, 6.45) is 6.11. The molecule has 0 saturated heterocycles. The number of aromatic nitrogens is 3. The van der Waals surface area contributed by atoms with Crippen LogP contribution in [0.2, 0.25) is 0 Å². The van der Waals surface area contributed by atoms with Crippen molar-refractivity contribution in [2.24, 2.45) is 0 Å². The Kier molecular flexibility index (Phi) is 4.42. The third-order valence-electron chi connectivity index (χ3n) is 3.91. The summed E-state index contributed by atoms with van der Waals surface area (Å²) in [4.78, 5) is 24.7. The molecular formula is C19H16N4O3. The van der Waals surface area contributed by atoms with Gasteiger partial charge in [0.2, 0.25) is 0 Å². The van der Waals surface area contributed by atoms with E-state index in [0.29, 0.717) is 30.3 Å². The molecule has 7 heteroatoms. The molecule has 7 nitrogen and oxygen atoms in total. The van der Waals surface area contributed by atoms with Gasteiger partial charge < -0.3 is 14.8 Å². The number of rotatable bonds is 4. The average Bonchev–Trinajstić information content (AvgIpc) is 2.72. The van der Waals surface area contributed by atoms with Crippen LogP contribution in [0.1, 0.15) is 10.4 Å². The van der Waals surface area contributed by atoms with E-state index in [4.69, 9.17) is 9.47 Å². The van der Waals surface area contributed by atoms with Crippen LogP contribution in [-0.4, -0.2) is 40.1 Å². The van der Waals surface area contributed by atoms with Gasteiger partial charge in [-0.15, -0.1) is 0 Å². The maximum atomic E-state index is 12.3. The summed E-state index contributed by atoms with van der Waals surface area (Å²) >= 11 is 0. The number of nitrogens with one attached hydrogen (secondary N) is 1. The van der Waals surface area contributed by atoms with E-state index in [1.54, 1.807) is 12.4 Å². The third kappa shape index (κ3) is 3.46. The maximum absolute atomic E-state index is 12.3. The molecule has 1 N–H and O–H groups in total. The van der Waals surface area contributed by atoms with Gasteiger partial charge in [0.25, 0.3) is 5.91 Å². The lowest BCUT2D eigenvalue weighted by atomic mass is 10.2. The Balaban J connectivity index is 1.35. The first kappa shape index (κ1) is 16.0. The highest BCUT2D eigenvalue weighted by Gasteiger charge is 2.21. The Morgan fingerprint density at radius 2 is 1.81 bits per heavy atom. The second kappa shape index (κ2) is 7.18. The Bertz CT molecular complexity index is 900. The van der Waals surface area contributed by atoms with Crippen molar-refractivity contribution in [1.29, 1.82) is 0 Å². The number of hydrogen-bond acceptors (Lipinski definition) is 6. The van der Waals surface area contributed by atoms with Crippen LogP contribution in [0.3, 0.4) is 0 Å². The molecule has 0 radical (unpaired) electrons. The number of pyridine rings is 1. The first-order valence-corrected chi connectivity index (χ1v) is 8.19. The molecule has 3 heterocycles. The number of hydrogen-bond donors (Lipinski definition) is 1. The van der Waals surface area contributed by atoms with E-state index in [1.165, 1.54) is 12.4 Å². The van der Waals surface area contributed by atoms with E-state index < -0.39 is 0 Å². The summed E-state index contributed by atoms with van der Waals surface area (Å²) in [7, 11) is 0. The highest BCUT2D eigenvalue weighted by atomic mass is 16.6. The zero-order chi connectivity index (χ0) is 17.8. The van der Waals surface area contributed by atoms with Crippen LogP contribution in [0, 0.1) is 0 Å². The van der Waals surface area contributed by atoms with E-state index >= 15 is 0 Å². The number of para-hydroxylation sites is 2. The molecule has 1 aromatic carbocycles. The summed E-state index contributed by atoms with van der Waals surface area (Å²) in [6, 6.07) is 11.1. The van der Waals surface area contributed by atoms with Crippen molar-refractivity contribution in [2.45, 2.75) is 6.10 Å². The monoisotopic (exact) mass is 348 g/mol. The number of carbonyl (C=O) groups is 1. The van der Waals surface area contributed by atoms with Crippen molar-refractivity contribution in [3.05, 3.63) is 66.7 Å². The summed E-state index contributed by atoms with van der Waals surface area (Å²) in [5, 5.41) is 2.82. The number of ether oxygens (including phenoxy) is 2. The molecule has 1 amide bonds. The largest absolute Gasteiger partial charge is 0.486 e. The fourth-order valence-electron chi connectivity index (χ4n) is 2.57. The fourth-order valence-corrected chi connectivity index (χ4v) is 2.57. The van der Waals surface area contributed by atoms with Gasteiger partial charge in [-0.2, -0.15) is 0 Å². The van der Waals surface area contributed by atoms with Crippen LogP contribution in [0.25, 0.3) is 11.4 Å². The predicted molar refractivity (Wildman–Crippen MR) is 93.9 cm³/mol. The molecule has 0 fully saturated rings. The van der Waals surface area contributed by atoms with Crippen LogP contribution in [0.15, 0.2) is 61.2 Å². The lowest BCUT2D eigenvalue weighted by Crippen LogP contribution is -2.40. The molecule has 0 bridgehead atoms. The van der Waals surface area contributed by atoms with E-state index in [1.807, 2.05) is 36.4 Å². The highest BCUT2D eigenvalue weighted by molar-refractivity contribution is 5.93. The van der Waals surface area contributed by atoms with E-state index in [0.717, 1.165) is 11.3 Å². The first-order valence-electron chi connectivity index (χ1n) is 8.19. The minimum atomic E-state index is -0.256. The fraction of sp³-hybridized carbons (Fsp3) is 0.158. The van der Waals surface area contributed by atoms with Gasteiger partial charge in [0.15, 0.2) is 17.3 Å². The predicted octanol–water partition coefficient (Wildman–Crippen LogP) is 2.11. The zero-order valence-corrected chi connectivity index (χ0v) is 13.8. The summed E-state index contributed by atoms with van der Waals surface area (Å²) in [6.45, 7) is 0.716. The van der Waals surface area contributed by atoms with Gasteiger partial charge in [-0.05, 0) is 24.3 Å². The molecule has 0 spiro atoms. The molecule has 1 atom stereocenters. The second-order valence-corrected chi connectivity index (χ2v) is 5.74. The molecule has 3 aromatic rings. The van der Waals surface area contributed by atoms with Gasteiger partial charge >= 0.3 is 0 Å². The number of carbonyl (C=O) groups excluding carboxylic acids is 1. The molecule has 0 unspecified atom stereocenters. The van der Waals surface area contributed by atoms with Gasteiger partial charge in [-0.3, -0.25) is 9.78 Å². The van der Waals surface area contributed by atoms with E-state index in [2.05, 4.69) is 20.3 Å². The standard InChI is InChI=1S/C19H16N4O3/c24-19(14-9-21-18(22-10-14)13-5-7-20-8-6-13)23-11-15-12-25-16-3-1-2-4-17(16)26-15/h1-10,15H,11-12H2,(H,23,24)/t15-/m0/s1. The topological polar surface area (TPSA) is 86.2 Å². The molecule has 130 valence electrons. The van der Waals surface area contributed by atoms with E-state index in [9.17, 15) is 4.79 Å². The Labute approximate surface area is 150 Å². The van der Waals surface area contributed by atoms with Crippen molar-refractivity contribution >= 4 is 5.91 Å². The molecule has 4 rings (SSSR count). The van der Waals surface area contributed by atoms with Crippen molar-refractivity contribution < 1.29 is 14.3 Å². The van der Waals surface area contributed by atoms with Crippen LogP contribution in [0.4, 0.5) is 0 Å². The number of amides is 1. The van der Waals surface area contributed by atoms with Crippen LogP contribution < -0.4 is 14.8 Å². The summed E-state index contributed by atoms with van der Waals surface area (Å²) in [5.74, 6) is 1.69. The van der Waals surface area contributed by atoms with Crippen molar-refractivity contribution in [2.75, 3.05) is 13.2 Å². The second-order valence-electron chi connectivity index (χ2n) is 5.74. The SMILES string of the molecule is O=C(NC[C@H]1COc2ccccc2O1)c1cnc(-c2ccncc2)nc1. The average molecular weight is 348 g/mol. The van der Waals surface area contributed by atoms with Gasteiger partial charge in [0, 0.05) is 30.4 Å². The van der Waals surface area contributed by atoms with Gasteiger partial charge in [0.05, 0.1) is 12.1 Å². The van der Waals surface area contributed by atoms with Crippen LogP contribution >= 0.6 is 0 Å². The van der Waals surface area contributed by atoms with Gasteiger partial charge in [-0.25, -0.2) is 9.97 Å². The quantitative estimate of drug-likeness (QED) is 0.777. The van der Waals surface area contributed by atoms with Crippen molar-refractivity contribution in [3.63, 3.8) is 0 Å². The Morgan fingerprint density at radius 1 is 1.08 bits per heavy atom. The lowest BCUT2D eigenvalue weighted by Gasteiger charge is -2.26. The van der Waals surface area contributed by atoms with Crippen molar-refractivity contribution in [3.8, 4) is 22.9 Å². The molecule has 1 aliphatic rings. The van der Waals surface area contributed by atoms with Gasteiger partial charge in [-0.1, -0.05) is 12.1 Å². The molecule has 2 aromatic heterocycles. The number of fused-ring (bicyclic) bond motifs is 1. The van der Waals surface area contributed by atoms with E-state index in [-0.39, 0.29) is 12.0 Å². The minimum Gasteiger partial charge on any atom is -0.486 e. The third-order valence-corrected chi connectivity index (χ3v) is 3.91. The Hall–Kier alpha value is -3.48. The summed E-state index contributed by atoms with van der Waals surface area (Å²) < 4.78 is 11.5. The van der Waals surface area contributed by atoms with Crippen LogP contribution in [0.5, 0.6) is 11.5 Å². The molecule has 0 saturated carbocycles. The highest BCUT2D eigenvalue weighted by Crippen LogP contribution is 2.30. The number of benzene rings is 1. The lowest BCUT2D eigenvalue weighted by molar-refractivity contribution is 0.0789. The minimum absolute atomic E-state index is 0.245. The zero-order valence-electron chi connectivity index (χ0n) is 13.8. The van der Waals surface area contributed by atoms with Gasteiger partial charge in [0.1, 0.15) is 12.7 Å².